The van der Waals surface area contributed by atoms with Crippen LogP contribution in [-0.2, 0) is 27.8 Å². The van der Waals surface area contributed by atoms with Gasteiger partial charge in [-0.2, -0.15) is 0 Å². The Balaban J connectivity index is 2.11. The summed E-state index contributed by atoms with van der Waals surface area (Å²) in [7, 11) is 0. The number of rotatable bonds is 4. The van der Waals surface area contributed by atoms with Crippen molar-refractivity contribution in [3.8, 4) is 0 Å². The molecule has 0 unspecified atom stereocenters. The Morgan fingerprint density at radius 1 is 1.21 bits per heavy atom. The van der Waals surface area contributed by atoms with E-state index in [1.807, 2.05) is 0 Å². The van der Waals surface area contributed by atoms with Gasteiger partial charge in [-0.3, -0.25) is 9.59 Å². The van der Waals surface area contributed by atoms with Crippen molar-refractivity contribution in [1.82, 2.24) is 5.32 Å². The minimum Gasteiger partial charge on any atom is -0.349 e. The summed E-state index contributed by atoms with van der Waals surface area (Å²) >= 11 is 0. The highest BCUT2D eigenvalue weighted by Gasteiger charge is 2.24. The van der Waals surface area contributed by atoms with E-state index < -0.39 is 11.7 Å². The van der Waals surface area contributed by atoms with Crippen LogP contribution in [0.25, 0.3) is 0 Å². The molecule has 0 aromatic heterocycles. The fourth-order valence-corrected chi connectivity index (χ4v) is 2.52. The lowest BCUT2D eigenvalue weighted by Gasteiger charge is -2.26. The molecule has 0 spiro atoms. The maximum absolute atomic E-state index is 11.3. The normalized spacial score (nSPS) is 14.1. The third kappa shape index (κ3) is 3.03. The highest BCUT2D eigenvalue weighted by Crippen LogP contribution is 2.29. The Kier molecular flexibility index (Phi) is 3.74. The molecule has 0 heterocycles. The van der Waals surface area contributed by atoms with Gasteiger partial charge in [0.05, 0.1) is 0 Å². The first kappa shape index (κ1) is 13.8. The summed E-state index contributed by atoms with van der Waals surface area (Å²) in [6.45, 7) is 5.94. The number of benzene rings is 1. The zero-order valence-electron chi connectivity index (χ0n) is 11.9. The maximum atomic E-state index is 11.3. The number of hydrogen-bond donors (Lipinski definition) is 1. The van der Waals surface area contributed by atoms with Crippen molar-refractivity contribution >= 4 is 11.7 Å². The molecule has 0 atom stereocenters. The number of amides is 1. The van der Waals surface area contributed by atoms with Crippen molar-refractivity contribution in [2.45, 2.75) is 45.4 Å². The first-order chi connectivity index (χ1) is 8.90. The van der Waals surface area contributed by atoms with Crippen LogP contribution in [0.4, 0.5) is 0 Å². The number of fused-ring (bicyclic) bond motifs is 1. The highest BCUT2D eigenvalue weighted by atomic mass is 16.2. The Morgan fingerprint density at radius 2 is 1.89 bits per heavy atom. The molecular weight excluding hydrogens is 238 g/mol. The summed E-state index contributed by atoms with van der Waals surface area (Å²) in [5, 5.41) is 2.70. The SMILES string of the molecule is CC(=O)C(=O)NCC(C)(C)c1ccc2c(c1)CCC2. The molecule has 102 valence electrons. The van der Waals surface area contributed by atoms with Gasteiger partial charge in [-0.05, 0) is 36.0 Å². The van der Waals surface area contributed by atoms with E-state index in [4.69, 9.17) is 0 Å². The second-order valence-electron chi connectivity index (χ2n) is 5.96. The second kappa shape index (κ2) is 5.16. The van der Waals surface area contributed by atoms with E-state index in [-0.39, 0.29) is 5.41 Å². The van der Waals surface area contributed by atoms with Gasteiger partial charge in [0.1, 0.15) is 0 Å². The second-order valence-corrected chi connectivity index (χ2v) is 5.96. The third-order valence-electron chi connectivity index (χ3n) is 3.89. The van der Waals surface area contributed by atoms with E-state index in [2.05, 4.69) is 37.4 Å². The van der Waals surface area contributed by atoms with Gasteiger partial charge in [0.15, 0.2) is 0 Å². The van der Waals surface area contributed by atoms with Crippen LogP contribution in [0.3, 0.4) is 0 Å². The lowest BCUT2D eigenvalue weighted by molar-refractivity contribution is -0.136. The van der Waals surface area contributed by atoms with Crippen LogP contribution in [0.5, 0.6) is 0 Å². The highest BCUT2D eigenvalue weighted by molar-refractivity contribution is 6.35. The molecule has 1 aliphatic carbocycles. The fraction of sp³-hybridized carbons (Fsp3) is 0.500. The standard InChI is InChI=1S/C16H21NO2/c1-11(18)15(19)17-10-16(2,3)14-8-7-12-5-4-6-13(12)9-14/h7-9H,4-6,10H2,1-3H3,(H,17,19). The molecule has 1 aromatic rings. The molecule has 1 amide bonds. The van der Waals surface area contributed by atoms with E-state index in [0.717, 1.165) is 6.42 Å². The smallest absolute Gasteiger partial charge is 0.287 e. The van der Waals surface area contributed by atoms with E-state index in [0.29, 0.717) is 6.54 Å². The minimum absolute atomic E-state index is 0.164. The van der Waals surface area contributed by atoms with Gasteiger partial charge in [-0.1, -0.05) is 32.0 Å². The molecule has 1 aromatic carbocycles. The van der Waals surface area contributed by atoms with Crippen molar-refractivity contribution in [3.63, 3.8) is 0 Å². The lowest BCUT2D eigenvalue weighted by atomic mass is 9.83. The third-order valence-corrected chi connectivity index (χ3v) is 3.89. The molecular formula is C16H21NO2. The van der Waals surface area contributed by atoms with Gasteiger partial charge in [0.2, 0.25) is 5.78 Å². The number of hydrogen-bond acceptors (Lipinski definition) is 2. The van der Waals surface area contributed by atoms with Gasteiger partial charge < -0.3 is 5.32 Å². The molecule has 2 rings (SSSR count). The maximum Gasteiger partial charge on any atom is 0.287 e. The van der Waals surface area contributed by atoms with Crippen molar-refractivity contribution < 1.29 is 9.59 Å². The minimum atomic E-state index is -0.505. The van der Waals surface area contributed by atoms with E-state index >= 15 is 0 Å². The van der Waals surface area contributed by atoms with Gasteiger partial charge in [0, 0.05) is 18.9 Å². The Labute approximate surface area is 114 Å². The number of carbonyl (C=O) groups is 2. The lowest BCUT2D eigenvalue weighted by Crippen LogP contribution is -2.39. The van der Waals surface area contributed by atoms with Crippen molar-refractivity contribution in [1.29, 1.82) is 0 Å². The van der Waals surface area contributed by atoms with Crippen LogP contribution in [0.2, 0.25) is 0 Å². The van der Waals surface area contributed by atoms with Crippen molar-refractivity contribution in [2.75, 3.05) is 6.54 Å². The Morgan fingerprint density at radius 3 is 2.58 bits per heavy atom. The summed E-state index contributed by atoms with van der Waals surface area (Å²) in [5.41, 5.74) is 3.94. The summed E-state index contributed by atoms with van der Waals surface area (Å²) in [6.07, 6.45) is 3.57. The fourth-order valence-electron chi connectivity index (χ4n) is 2.52. The number of carbonyl (C=O) groups excluding carboxylic acids is 2. The summed E-state index contributed by atoms with van der Waals surface area (Å²) in [5.74, 6) is -0.945. The van der Waals surface area contributed by atoms with Crippen LogP contribution in [0.1, 0.15) is 43.9 Å². The number of ketones is 1. The van der Waals surface area contributed by atoms with Gasteiger partial charge in [0.25, 0.3) is 5.91 Å². The topological polar surface area (TPSA) is 46.2 Å². The molecule has 1 N–H and O–H groups in total. The Hall–Kier alpha value is -1.64. The summed E-state index contributed by atoms with van der Waals surface area (Å²) in [4.78, 5) is 22.3. The number of Topliss-reactive ketones (excluding diaryl/α,β-unsaturated/α-hetero) is 1. The van der Waals surface area contributed by atoms with Crippen LogP contribution in [0, 0.1) is 0 Å². The van der Waals surface area contributed by atoms with E-state index in [9.17, 15) is 9.59 Å². The zero-order valence-corrected chi connectivity index (χ0v) is 11.9. The molecule has 0 aliphatic heterocycles. The molecule has 19 heavy (non-hydrogen) atoms. The molecule has 3 nitrogen and oxygen atoms in total. The summed E-state index contributed by atoms with van der Waals surface area (Å²) < 4.78 is 0. The molecule has 1 aliphatic rings. The van der Waals surface area contributed by atoms with Crippen LogP contribution < -0.4 is 5.32 Å². The first-order valence-corrected chi connectivity index (χ1v) is 6.81. The van der Waals surface area contributed by atoms with Gasteiger partial charge >= 0.3 is 0 Å². The van der Waals surface area contributed by atoms with Crippen LogP contribution in [-0.4, -0.2) is 18.2 Å². The molecule has 0 bridgehead atoms. The van der Waals surface area contributed by atoms with Gasteiger partial charge in [-0.25, -0.2) is 0 Å². The molecule has 3 heteroatoms. The van der Waals surface area contributed by atoms with Crippen molar-refractivity contribution in [3.05, 3.63) is 34.9 Å². The van der Waals surface area contributed by atoms with E-state index in [1.54, 1.807) is 0 Å². The average Bonchev–Trinajstić information content (AvgIpc) is 2.82. The molecule has 0 saturated heterocycles. The van der Waals surface area contributed by atoms with Crippen LogP contribution in [0.15, 0.2) is 18.2 Å². The molecule has 0 saturated carbocycles. The first-order valence-electron chi connectivity index (χ1n) is 6.81. The number of nitrogens with one attached hydrogen (secondary N) is 1. The quantitative estimate of drug-likeness (QED) is 0.842. The largest absolute Gasteiger partial charge is 0.349 e. The van der Waals surface area contributed by atoms with E-state index in [1.165, 1.54) is 36.5 Å². The van der Waals surface area contributed by atoms with Crippen LogP contribution >= 0.6 is 0 Å². The van der Waals surface area contributed by atoms with Gasteiger partial charge in [-0.15, -0.1) is 0 Å². The number of aryl methyl sites for hydroxylation is 2. The summed E-state index contributed by atoms with van der Waals surface area (Å²) in [6, 6.07) is 6.60. The molecule has 0 fully saturated rings. The Bertz CT molecular complexity index is 517. The average molecular weight is 259 g/mol. The van der Waals surface area contributed by atoms with Crippen molar-refractivity contribution in [2.24, 2.45) is 0 Å². The zero-order chi connectivity index (χ0) is 14.0. The molecule has 0 radical (unpaired) electrons. The monoisotopic (exact) mass is 259 g/mol. The predicted molar refractivity (Wildman–Crippen MR) is 75.2 cm³/mol. The predicted octanol–water partition coefficient (Wildman–Crippen LogP) is 2.16.